The molecule has 1 amide bonds. The van der Waals surface area contributed by atoms with E-state index >= 15 is 0 Å². The lowest BCUT2D eigenvalue weighted by Crippen LogP contribution is -2.51. The highest BCUT2D eigenvalue weighted by atomic mass is 32.2. The van der Waals surface area contributed by atoms with E-state index in [1.165, 1.54) is 11.8 Å². The molecule has 0 N–H and O–H groups in total. The first-order chi connectivity index (χ1) is 18.7. The number of carbonyl (C=O) groups is 1. The molecule has 3 heterocycles. The minimum atomic E-state index is -0.896. The molecule has 3 aliphatic heterocycles. The second-order valence-corrected chi connectivity index (χ2v) is 11.4. The Bertz CT molecular complexity index is 1580. The van der Waals surface area contributed by atoms with Crippen molar-refractivity contribution in [2.24, 2.45) is 5.10 Å². The first kappa shape index (κ1) is 23.0. The van der Waals surface area contributed by atoms with Crippen LogP contribution in [-0.4, -0.2) is 22.1 Å². The van der Waals surface area contributed by atoms with Gasteiger partial charge in [-0.15, -0.1) is 0 Å². The lowest BCUT2D eigenvalue weighted by Gasteiger charge is -2.38. The number of para-hydroxylation sites is 2. The predicted molar refractivity (Wildman–Crippen MR) is 154 cm³/mol. The van der Waals surface area contributed by atoms with Crippen LogP contribution in [0.2, 0.25) is 0 Å². The predicted octanol–water partition coefficient (Wildman–Crippen LogP) is 6.76. The molecule has 0 radical (unpaired) electrons. The quantitative estimate of drug-likeness (QED) is 0.269. The summed E-state index contributed by atoms with van der Waals surface area (Å²) in [7, 11) is 0. The Balaban J connectivity index is 1.38. The molecule has 6 nitrogen and oxygen atoms in total. The molecule has 0 saturated carbocycles. The van der Waals surface area contributed by atoms with Crippen molar-refractivity contribution in [3.05, 3.63) is 125 Å². The fourth-order valence-corrected chi connectivity index (χ4v) is 7.60. The zero-order valence-electron chi connectivity index (χ0n) is 20.1. The molecule has 7 rings (SSSR count). The number of ether oxygens (including phenoxy) is 2. The number of amides is 1. The third-order valence-corrected chi connectivity index (χ3v) is 9.12. The van der Waals surface area contributed by atoms with E-state index in [2.05, 4.69) is 0 Å². The number of benzene rings is 4. The molecule has 4 aromatic carbocycles. The summed E-state index contributed by atoms with van der Waals surface area (Å²) < 4.78 is 10.1. The van der Waals surface area contributed by atoms with E-state index < -0.39 is 4.33 Å². The fourth-order valence-electron chi connectivity index (χ4n) is 4.61. The average Bonchev–Trinajstić information content (AvgIpc) is 3.66. The van der Waals surface area contributed by atoms with Gasteiger partial charge in [0.05, 0.1) is 10.6 Å². The summed E-state index contributed by atoms with van der Waals surface area (Å²) in [6, 6.07) is 35.6. The summed E-state index contributed by atoms with van der Waals surface area (Å²) in [6.07, 6.45) is 1.92. The molecule has 0 bridgehead atoms. The molecule has 38 heavy (non-hydrogen) atoms. The van der Waals surface area contributed by atoms with Gasteiger partial charge in [-0.1, -0.05) is 84.6 Å². The molecule has 8 heteroatoms. The molecule has 1 spiro atoms. The Morgan fingerprint density at radius 3 is 2.16 bits per heavy atom. The van der Waals surface area contributed by atoms with Crippen LogP contribution in [0.4, 0.5) is 11.4 Å². The van der Waals surface area contributed by atoms with Gasteiger partial charge in [0.1, 0.15) is 5.04 Å². The molecule has 0 aromatic heterocycles. The second kappa shape index (κ2) is 9.31. The van der Waals surface area contributed by atoms with Gasteiger partial charge in [0.2, 0.25) is 11.1 Å². The molecule has 1 saturated heterocycles. The first-order valence-electron chi connectivity index (χ1n) is 12.1. The van der Waals surface area contributed by atoms with Crippen molar-refractivity contribution < 1.29 is 14.3 Å². The van der Waals surface area contributed by atoms with Crippen LogP contribution in [0.1, 0.15) is 11.1 Å². The van der Waals surface area contributed by atoms with Crippen LogP contribution in [-0.2, 0) is 4.79 Å². The van der Waals surface area contributed by atoms with Crippen molar-refractivity contribution >= 4 is 51.9 Å². The van der Waals surface area contributed by atoms with Crippen LogP contribution in [0, 0.1) is 0 Å². The zero-order chi connectivity index (χ0) is 25.5. The van der Waals surface area contributed by atoms with Crippen LogP contribution >= 0.6 is 23.5 Å². The summed E-state index contributed by atoms with van der Waals surface area (Å²) in [5.41, 5.74) is 3.58. The van der Waals surface area contributed by atoms with Gasteiger partial charge in [-0.25, -0.2) is 5.01 Å². The zero-order valence-corrected chi connectivity index (χ0v) is 21.7. The summed E-state index contributed by atoms with van der Waals surface area (Å²) in [5, 5.41) is 7.91. The molecule has 0 aliphatic carbocycles. The Hall–Kier alpha value is -4.14. The van der Waals surface area contributed by atoms with Crippen molar-refractivity contribution in [3.63, 3.8) is 0 Å². The molecule has 4 aromatic rings. The van der Waals surface area contributed by atoms with Gasteiger partial charge in [0.15, 0.2) is 11.5 Å². The summed E-state index contributed by atoms with van der Waals surface area (Å²) in [6.45, 7) is 0.205. The number of fused-ring (bicyclic) bond motifs is 1. The Morgan fingerprint density at radius 2 is 1.42 bits per heavy atom. The van der Waals surface area contributed by atoms with Gasteiger partial charge in [-0.3, -0.25) is 9.69 Å². The number of hydrazone groups is 1. The largest absolute Gasteiger partial charge is 0.454 e. The highest BCUT2D eigenvalue weighted by Crippen LogP contribution is 2.59. The summed E-state index contributed by atoms with van der Waals surface area (Å²) in [4.78, 5) is 16.7. The molecular weight excluding hydrogens is 514 g/mol. The second-order valence-electron chi connectivity index (χ2n) is 8.77. The van der Waals surface area contributed by atoms with E-state index in [0.29, 0.717) is 16.4 Å². The summed E-state index contributed by atoms with van der Waals surface area (Å²) >= 11 is 3.08. The van der Waals surface area contributed by atoms with Gasteiger partial charge < -0.3 is 9.47 Å². The normalized spacial score (nSPS) is 21.0. The maximum atomic E-state index is 14.2. The van der Waals surface area contributed by atoms with Crippen LogP contribution in [0.15, 0.2) is 119 Å². The first-order valence-corrected chi connectivity index (χ1v) is 13.7. The van der Waals surface area contributed by atoms with Crippen molar-refractivity contribution in [1.82, 2.24) is 0 Å². The van der Waals surface area contributed by atoms with Crippen LogP contribution in [0.5, 0.6) is 11.5 Å². The van der Waals surface area contributed by atoms with E-state index in [9.17, 15) is 4.79 Å². The highest BCUT2D eigenvalue weighted by molar-refractivity contribution is 8.28. The van der Waals surface area contributed by atoms with Crippen LogP contribution in [0.3, 0.4) is 0 Å². The smallest absolute Gasteiger partial charge is 0.268 e. The third-order valence-electron chi connectivity index (χ3n) is 6.36. The Labute approximate surface area is 228 Å². The monoisotopic (exact) mass is 535 g/mol. The van der Waals surface area contributed by atoms with E-state index in [4.69, 9.17) is 14.6 Å². The van der Waals surface area contributed by atoms with Crippen LogP contribution in [0.25, 0.3) is 6.08 Å². The molecular formula is C30H21N3O3S2. The topological polar surface area (TPSA) is 54.4 Å². The fraction of sp³-hybridized carbons (Fsp3) is 0.0667. The van der Waals surface area contributed by atoms with Crippen molar-refractivity contribution in [3.8, 4) is 11.5 Å². The van der Waals surface area contributed by atoms with E-state index in [1.54, 1.807) is 11.8 Å². The van der Waals surface area contributed by atoms with Gasteiger partial charge in [-0.2, -0.15) is 5.10 Å². The maximum absolute atomic E-state index is 14.2. The van der Waals surface area contributed by atoms with Crippen molar-refractivity contribution in [1.29, 1.82) is 0 Å². The molecule has 186 valence electrons. The average molecular weight is 536 g/mol. The molecule has 0 unspecified atom stereocenters. The number of hydrogen-bond acceptors (Lipinski definition) is 7. The highest BCUT2D eigenvalue weighted by Gasteiger charge is 2.59. The molecule has 3 aliphatic rings. The Morgan fingerprint density at radius 1 is 0.763 bits per heavy atom. The van der Waals surface area contributed by atoms with Gasteiger partial charge >= 0.3 is 0 Å². The number of carbonyl (C=O) groups excluding carboxylic acids is 1. The summed E-state index contributed by atoms with van der Waals surface area (Å²) in [5.74, 6) is 1.31. The number of hydrogen-bond donors (Lipinski definition) is 0. The van der Waals surface area contributed by atoms with Gasteiger partial charge in [0, 0.05) is 11.3 Å². The SMILES string of the molecule is O=C1/C(=C/c2ccc3c(c2)OCO3)S[C@@]2(SC(c3ccccc3)=NN2c2ccccc2)N1c1ccccc1. The lowest BCUT2D eigenvalue weighted by atomic mass is 10.2. The van der Waals surface area contributed by atoms with Crippen molar-refractivity contribution in [2.45, 2.75) is 4.33 Å². The minimum absolute atomic E-state index is 0.0863. The number of rotatable bonds is 4. The number of thioether (sulfide) groups is 2. The molecule has 1 atom stereocenters. The molecule has 1 fully saturated rings. The lowest BCUT2D eigenvalue weighted by molar-refractivity contribution is -0.114. The van der Waals surface area contributed by atoms with Gasteiger partial charge in [-0.05, 0) is 59.8 Å². The third kappa shape index (κ3) is 3.84. The van der Waals surface area contributed by atoms with E-state index in [0.717, 1.165) is 27.5 Å². The van der Waals surface area contributed by atoms with E-state index in [1.807, 2.05) is 125 Å². The minimum Gasteiger partial charge on any atom is -0.454 e. The van der Waals surface area contributed by atoms with Gasteiger partial charge in [0.25, 0.3) is 5.91 Å². The Kier molecular flexibility index (Phi) is 5.64. The standard InChI is InChI=1S/C30H21N3O3S2/c34-29-27(19-21-16-17-25-26(18-21)36-20-35-25)37-30(32(29)23-12-6-2-7-13-23)33(24-14-8-3-9-15-24)31-28(38-30)22-10-4-1-5-11-22/h1-19H,20H2/b27-19-/t30-/m1/s1. The van der Waals surface area contributed by atoms with Crippen molar-refractivity contribution in [2.75, 3.05) is 16.7 Å². The van der Waals surface area contributed by atoms with Crippen LogP contribution < -0.4 is 19.4 Å². The number of anilines is 2. The van der Waals surface area contributed by atoms with E-state index in [-0.39, 0.29) is 12.7 Å². The number of nitrogens with zero attached hydrogens (tertiary/aromatic N) is 3. The maximum Gasteiger partial charge on any atom is 0.268 e.